The third kappa shape index (κ3) is 4.16. The minimum Gasteiger partial charge on any atom is -0.507 e. The van der Waals surface area contributed by atoms with Crippen LogP contribution in [0.4, 0.5) is 5.69 Å². The van der Waals surface area contributed by atoms with Crippen LogP contribution >= 0.6 is 0 Å². The third-order valence-corrected chi connectivity index (χ3v) is 5.17. The number of phenolic OH excluding ortho intramolecular Hbond substituents is 1. The number of para-hydroxylation sites is 1. The van der Waals surface area contributed by atoms with Crippen LogP contribution in [0.1, 0.15) is 37.5 Å². The molecule has 0 saturated carbocycles. The number of hydrogen-bond acceptors (Lipinski definition) is 2. The van der Waals surface area contributed by atoms with Crippen molar-refractivity contribution in [3.8, 4) is 5.75 Å². The zero-order valence-electron chi connectivity index (χ0n) is 16.0. The molecule has 0 bridgehead atoms. The first-order chi connectivity index (χ1) is 11.8. The van der Waals surface area contributed by atoms with Gasteiger partial charge in [-0.3, -0.25) is 0 Å². The number of piperazine rings is 1. The molecule has 2 aromatic carbocycles. The van der Waals surface area contributed by atoms with Crippen molar-refractivity contribution >= 4 is 5.69 Å². The predicted octanol–water partition coefficient (Wildman–Crippen LogP) is 2.90. The predicted molar refractivity (Wildman–Crippen MR) is 105 cm³/mol. The van der Waals surface area contributed by atoms with Crippen molar-refractivity contribution in [3.63, 3.8) is 0 Å². The fourth-order valence-electron chi connectivity index (χ4n) is 3.73. The molecule has 3 nitrogen and oxygen atoms in total. The van der Waals surface area contributed by atoms with Gasteiger partial charge in [-0.05, 0) is 36.1 Å². The average molecular weight is 340 g/mol. The number of benzene rings is 2. The van der Waals surface area contributed by atoms with E-state index in [2.05, 4.69) is 75.1 Å². The van der Waals surface area contributed by atoms with Crippen molar-refractivity contribution in [2.75, 3.05) is 31.1 Å². The molecule has 0 atom stereocenters. The van der Waals surface area contributed by atoms with Gasteiger partial charge in [0.2, 0.25) is 0 Å². The minimum atomic E-state index is -0.0355. The molecule has 25 heavy (non-hydrogen) atoms. The molecule has 0 spiro atoms. The molecule has 0 radical (unpaired) electrons. The molecule has 2 N–H and O–H groups in total. The maximum atomic E-state index is 10.8. The molecule has 3 heteroatoms. The lowest BCUT2D eigenvalue weighted by Crippen LogP contribution is -3.13. The van der Waals surface area contributed by atoms with Crippen LogP contribution in [0.2, 0.25) is 0 Å². The standard InChI is InChI=1S/C22H30N2O/c1-17-14-18(21(25)20(15-17)22(2,3)4)16-23-10-12-24(13-11-23)19-8-6-5-7-9-19/h5-9,14-15,25H,10-13,16H2,1-4H3/p+1. The summed E-state index contributed by atoms with van der Waals surface area (Å²) in [4.78, 5) is 4.01. The highest BCUT2D eigenvalue weighted by molar-refractivity contribution is 5.47. The van der Waals surface area contributed by atoms with E-state index in [0.717, 1.165) is 43.9 Å². The number of aromatic hydroxyl groups is 1. The second-order valence-electron chi connectivity index (χ2n) is 8.32. The van der Waals surface area contributed by atoms with Gasteiger partial charge in [-0.1, -0.05) is 50.6 Å². The summed E-state index contributed by atoms with van der Waals surface area (Å²) in [6.45, 7) is 13.9. The fourth-order valence-corrected chi connectivity index (χ4v) is 3.73. The number of aryl methyl sites for hydroxylation is 1. The number of nitrogens with zero attached hydrogens (tertiary/aromatic N) is 1. The Balaban J connectivity index is 1.69. The highest BCUT2D eigenvalue weighted by Gasteiger charge is 2.25. The second kappa shape index (κ2) is 7.09. The summed E-state index contributed by atoms with van der Waals surface area (Å²) in [6, 6.07) is 14.9. The Morgan fingerprint density at radius 1 is 1.04 bits per heavy atom. The molecule has 3 rings (SSSR count). The van der Waals surface area contributed by atoms with Gasteiger partial charge in [-0.25, -0.2) is 0 Å². The Morgan fingerprint density at radius 2 is 1.68 bits per heavy atom. The lowest BCUT2D eigenvalue weighted by molar-refractivity contribution is -0.914. The topological polar surface area (TPSA) is 27.9 Å². The summed E-state index contributed by atoms with van der Waals surface area (Å²) in [5, 5.41) is 10.8. The van der Waals surface area contributed by atoms with Gasteiger partial charge >= 0.3 is 0 Å². The van der Waals surface area contributed by atoms with E-state index in [-0.39, 0.29) is 5.41 Å². The summed E-state index contributed by atoms with van der Waals surface area (Å²) in [5.41, 5.74) is 4.67. The molecule has 1 aliphatic rings. The number of phenols is 1. The van der Waals surface area contributed by atoms with Crippen molar-refractivity contribution in [1.82, 2.24) is 0 Å². The molecule has 0 aromatic heterocycles. The van der Waals surface area contributed by atoms with E-state index in [4.69, 9.17) is 0 Å². The molecule has 0 amide bonds. The molecule has 0 aliphatic carbocycles. The largest absolute Gasteiger partial charge is 0.507 e. The molecule has 0 unspecified atom stereocenters. The monoisotopic (exact) mass is 339 g/mol. The Bertz CT molecular complexity index is 711. The lowest BCUT2D eigenvalue weighted by Gasteiger charge is -2.34. The molecule has 1 fully saturated rings. The molecular formula is C22H31N2O+. The van der Waals surface area contributed by atoms with Crippen LogP contribution < -0.4 is 9.80 Å². The summed E-state index contributed by atoms with van der Waals surface area (Å²) in [6.07, 6.45) is 0. The Kier molecular flexibility index (Phi) is 5.05. The molecule has 1 heterocycles. The first kappa shape index (κ1) is 17.8. The zero-order valence-corrected chi connectivity index (χ0v) is 16.0. The number of rotatable bonds is 3. The van der Waals surface area contributed by atoms with Crippen LogP contribution in [-0.2, 0) is 12.0 Å². The molecule has 2 aromatic rings. The van der Waals surface area contributed by atoms with Gasteiger partial charge in [-0.15, -0.1) is 0 Å². The number of hydrogen-bond donors (Lipinski definition) is 2. The first-order valence-corrected chi connectivity index (χ1v) is 9.31. The van der Waals surface area contributed by atoms with Crippen LogP contribution in [0.25, 0.3) is 0 Å². The van der Waals surface area contributed by atoms with Gasteiger partial charge in [-0.2, -0.15) is 0 Å². The maximum Gasteiger partial charge on any atom is 0.128 e. The van der Waals surface area contributed by atoms with E-state index < -0.39 is 0 Å². The van der Waals surface area contributed by atoms with Crippen molar-refractivity contribution in [2.45, 2.75) is 39.7 Å². The number of quaternary nitrogens is 1. The van der Waals surface area contributed by atoms with Gasteiger partial charge < -0.3 is 14.9 Å². The molecule has 1 saturated heterocycles. The van der Waals surface area contributed by atoms with E-state index in [1.165, 1.54) is 11.3 Å². The van der Waals surface area contributed by atoms with Crippen molar-refractivity contribution < 1.29 is 10.0 Å². The fraction of sp³-hybridized carbons (Fsp3) is 0.455. The molecular weight excluding hydrogens is 308 g/mol. The van der Waals surface area contributed by atoms with Gasteiger partial charge in [0.25, 0.3) is 0 Å². The summed E-state index contributed by atoms with van der Waals surface area (Å²) in [5.74, 6) is 0.496. The highest BCUT2D eigenvalue weighted by Crippen LogP contribution is 2.34. The lowest BCUT2D eigenvalue weighted by atomic mass is 9.84. The number of anilines is 1. The van der Waals surface area contributed by atoms with Crippen molar-refractivity contribution in [3.05, 3.63) is 59.2 Å². The molecule has 134 valence electrons. The first-order valence-electron chi connectivity index (χ1n) is 9.31. The SMILES string of the molecule is Cc1cc(C[NH+]2CCN(c3ccccc3)CC2)c(O)c(C(C)(C)C)c1. The summed E-state index contributed by atoms with van der Waals surface area (Å²) >= 11 is 0. The smallest absolute Gasteiger partial charge is 0.128 e. The Hall–Kier alpha value is -2.00. The normalized spacial score (nSPS) is 16.2. The van der Waals surface area contributed by atoms with E-state index in [1.807, 2.05) is 0 Å². The van der Waals surface area contributed by atoms with E-state index in [9.17, 15) is 5.11 Å². The summed E-state index contributed by atoms with van der Waals surface area (Å²) < 4.78 is 0. The van der Waals surface area contributed by atoms with Crippen LogP contribution in [0.15, 0.2) is 42.5 Å². The van der Waals surface area contributed by atoms with Crippen LogP contribution in [0.5, 0.6) is 5.75 Å². The van der Waals surface area contributed by atoms with Gasteiger partial charge in [0, 0.05) is 11.3 Å². The number of nitrogens with one attached hydrogen (secondary N) is 1. The van der Waals surface area contributed by atoms with Crippen molar-refractivity contribution in [1.29, 1.82) is 0 Å². The van der Waals surface area contributed by atoms with E-state index >= 15 is 0 Å². The van der Waals surface area contributed by atoms with Crippen LogP contribution in [0.3, 0.4) is 0 Å². The minimum absolute atomic E-state index is 0.0355. The second-order valence-corrected chi connectivity index (χ2v) is 8.32. The quantitative estimate of drug-likeness (QED) is 0.900. The average Bonchev–Trinajstić information content (AvgIpc) is 2.58. The van der Waals surface area contributed by atoms with Gasteiger partial charge in [0.05, 0.1) is 26.2 Å². The third-order valence-electron chi connectivity index (χ3n) is 5.17. The Labute approximate surface area is 151 Å². The van der Waals surface area contributed by atoms with E-state index in [0.29, 0.717) is 5.75 Å². The van der Waals surface area contributed by atoms with Gasteiger partial charge in [0.1, 0.15) is 12.3 Å². The summed E-state index contributed by atoms with van der Waals surface area (Å²) in [7, 11) is 0. The highest BCUT2D eigenvalue weighted by atomic mass is 16.3. The zero-order chi connectivity index (χ0) is 18.0. The van der Waals surface area contributed by atoms with Gasteiger partial charge in [0.15, 0.2) is 0 Å². The van der Waals surface area contributed by atoms with E-state index in [1.54, 1.807) is 4.90 Å². The van der Waals surface area contributed by atoms with Crippen LogP contribution in [0, 0.1) is 6.92 Å². The molecule has 1 aliphatic heterocycles. The van der Waals surface area contributed by atoms with Crippen molar-refractivity contribution in [2.24, 2.45) is 0 Å². The maximum absolute atomic E-state index is 10.8. The Morgan fingerprint density at radius 3 is 2.28 bits per heavy atom. The van der Waals surface area contributed by atoms with Crippen LogP contribution in [-0.4, -0.2) is 31.3 Å².